The highest BCUT2D eigenvalue weighted by Crippen LogP contribution is 2.16. The Morgan fingerprint density at radius 2 is 1.52 bits per heavy atom. The Labute approximate surface area is 147 Å². The van der Waals surface area contributed by atoms with Crippen molar-refractivity contribution in [2.24, 2.45) is 0 Å². The van der Waals surface area contributed by atoms with Crippen LogP contribution in [0.4, 0.5) is 4.79 Å². The fourth-order valence-electron chi connectivity index (χ4n) is 2.69. The van der Waals surface area contributed by atoms with Crippen molar-refractivity contribution in [3.63, 3.8) is 0 Å². The minimum Gasteiger partial charge on any atom is -0.332 e. The van der Waals surface area contributed by atoms with Gasteiger partial charge in [-0.05, 0) is 37.1 Å². The molecule has 1 heterocycles. The third kappa shape index (κ3) is 4.26. The normalized spacial score (nSPS) is 13.0. The van der Waals surface area contributed by atoms with E-state index in [1.54, 1.807) is 12.5 Å². The first-order valence-electron chi connectivity index (χ1n) is 8.34. The molecule has 0 aliphatic heterocycles. The predicted octanol–water partition coefficient (Wildman–Crippen LogP) is 3.99. The smallest absolute Gasteiger partial charge is 0.315 e. The lowest BCUT2D eigenvalue weighted by Gasteiger charge is -2.19. The monoisotopic (exact) mass is 334 g/mol. The molecule has 25 heavy (non-hydrogen) atoms. The number of rotatable bonds is 5. The minimum absolute atomic E-state index is 0.0444. The number of imidazole rings is 1. The molecular formula is C20H22N4O. The van der Waals surface area contributed by atoms with Crippen LogP contribution in [0.1, 0.15) is 37.1 Å². The molecule has 0 saturated heterocycles. The number of carbonyl (C=O) groups is 1. The van der Waals surface area contributed by atoms with E-state index in [1.807, 2.05) is 79.2 Å². The largest absolute Gasteiger partial charge is 0.332 e. The van der Waals surface area contributed by atoms with Crippen molar-refractivity contribution >= 4 is 6.03 Å². The summed E-state index contributed by atoms with van der Waals surface area (Å²) in [5.74, 6) is 0. The number of carbonyl (C=O) groups excluding carboxylic acids is 1. The molecule has 0 bridgehead atoms. The molecule has 128 valence electrons. The van der Waals surface area contributed by atoms with Crippen LogP contribution in [-0.2, 0) is 0 Å². The van der Waals surface area contributed by atoms with Crippen molar-refractivity contribution in [3.8, 4) is 5.69 Å². The summed E-state index contributed by atoms with van der Waals surface area (Å²) in [6.45, 7) is 3.94. The Hall–Kier alpha value is -3.08. The standard InChI is InChI=1S/C20H22N4O/c1-15(17-6-4-3-5-7-17)22-20(25)23-16(2)18-8-10-19(11-9-18)24-13-12-21-14-24/h3-16H,1-2H3,(H2,22,23,25)/t15-,16-/m0/s1. The maximum Gasteiger partial charge on any atom is 0.315 e. The summed E-state index contributed by atoms with van der Waals surface area (Å²) in [6.07, 6.45) is 5.40. The van der Waals surface area contributed by atoms with Crippen molar-refractivity contribution < 1.29 is 4.79 Å². The van der Waals surface area contributed by atoms with Crippen LogP contribution in [0.2, 0.25) is 0 Å². The Balaban J connectivity index is 1.58. The number of hydrogen-bond acceptors (Lipinski definition) is 2. The van der Waals surface area contributed by atoms with E-state index in [1.165, 1.54) is 0 Å². The first kappa shape index (κ1) is 16.8. The van der Waals surface area contributed by atoms with Crippen molar-refractivity contribution in [3.05, 3.63) is 84.4 Å². The third-order valence-electron chi connectivity index (χ3n) is 4.19. The van der Waals surface area contributed by atoms with E-state index in [9.17, 15) is 4.79 Å². The van der Waals surface area contributed by atoms with Gasteiger partial charge in [-0.2, -0.15) is 0 Å². The fourth-order valence-corrected chi connectivity index (χ4v) is 2.69. The predicted molar refractivity (Wildman–Crippen MR) is 98.5 cm³/mol. The summed E-state index contributed by atoms with van der Waals surface area (Å²) in [5.41, 5.74) is 3.16. The van der Waals surface area contributed by atoms with Gasteiger partial charge in [0.15, 0.2) is 0 Å². The highest BCUT2D eigenvalue weighted by Gasteiger charge is 2.12. The molecule has 0 aliphatic rings. The van der Waals surface area contributed by atoms with Gasteiger partial charge in [0.1, 0.15) is 0 Å². The van der Waals surface area contributed by atoms with Gasteiger partial charge in [0, 0.05) is 18.1 Å². The highest BCUT2D eigenvalue weighted by molar-refractivity contribution is 5.75. The van der Waals surface area contributed by atoms with Crippen LogP contribution in [0.5, 0.6) is 0 Å². The number of nitrogens with zero attached hydrogens (tertiary/aromatic N) is 2. The van der Waals surface area contributed by atoms with E-state index in [4.69, 9.17) is 0 Å². The van der Waals surface area contributed by atoms with Crippen molar-refractivity contribution in [2.75, 3.05) is 0 Å². The molecule has 0 spiro atoms. The van der Waals surface area contributed by atoms with Crippen molar-refractivity contribution in [2.45, 2.75) is 25.9 Å². The molecule has 1 aromatic heterocycles. The Bertz CT molecular complexity index is 797. The zero-order chi connectivity index (χ0) is 17.6. The van der Waals surface area contributed by atoms with Gasteiger partial charge in [-0.1, -0.05) is 42.5 Å². The first-order chi connectivity index (χ1) is 12.1. The lowest BCUT2D eigenvalue weighted by Crippen LogP contribution is -2.38. The van der Waals surface area contributed by atoms with E-state index in [-0.39, 0.29) is 18.1 Å². The number of amides is 2. The Morgan fingerprint density at radius 1 is 0.920 bits per heavy atom. The molecule has 0 unspecified atom stereocenters. The zero-order valence-corrected chi connectivity index (χ0v) is 14.4. The molecule has 0 saturated carbocycles. The second-order valence-electron chi connectivity index (χ2n) is 6.03. The van der Waals surface area contributed by atoms with Crippen LogP contribution in [0, 0.1) is 0 Å². The summed E-state index contributed by atoms with van der Waals surface area (Å²) in [7, 11) is 0. The van der Waals surface area contributed by atoms with Crippen LogP contribution >= 0.6 is 0 Å². The lowest BCUT2D eigenvalue weighted by molar-refractivity contribution is 0.235. The van der Waals surface area contributed by atoms with Gasteiger partial charge < -0.3 is 15.2 Å². The Morgan fingerprint density at radius 3 is 2.08 bits per heavy atom. The van der Waals surface area contributed by atoms with E-state index in [2.05, 4.69) is 15.6 Å². The van der Waals surface area contributed by atoms with Crippen LogP contribution in [0.25, 0.3) is 5.69 Å². The second kappa shape index (κ2) is 7.66. The lowest BCUT2D eigenvalue weighted by atomic mass is 10.1. The number of urea groups is 1. The van der Waals surface area contributed by atoms with Crippen molar-refractivity contribution in [1.82, 2.24) is 20.2 Å². The SMILES string of the molecule is C[C@H](NC(=O)N[C@@H](C)c1ccc(-n2ccnc2)cc1)c1ccccc1. The summed E-state index contributed by atoms with van der Waals surface area (Å²) >= 11 is 0. The van der Waals surface area contributed by atoms with E-state index in [0.29, 0.717) is 0 Å². The fraction of sp³-hybridized carbons (Fsp3) is 0.200. The highest BCUT2D eigenvalue weighted by atomic mass is 16.2. The van der Waals surface area contributed by atoms with Crippen LogP contribution < -0.4 is 10.6 Å². The average Bonchev–Trinajstić information content (AvgIpc) is 3.17. The molecule has 3 rings (SSSR count). The molecule has 5 heteroatoms. The number of benzene rings is 2. The summed E-state index contributed by atoms with van der Waals surface area (Å²) in [5, 5.41) is 5.95. The molecule has 0 aliphatic carbocycles. The second-order valence-corrected chi connectivity index (χ2v) is 6.03. The molecule has 2 N–H and O–H groups in total. The summed E-state index contributed by atoms with van der Waals surface area (Å²) < 4.78 is 1.94. The summed E-state index contributed by atoms with van der Waals surface area (Å²) in [4.78, 5) is 16.3. The van der Waals surface area contributed by atoms with Crippen molar-refractivity contribution in [1.29, 1.82) is 0 Å². The van der Waals surface area contributed by atoms with Gasteiger partial charge in [0.2, 0.25) is 0 Å². The van der Waals surface area contributed by atoms with Gasteiger partial charge in [0.05, 0.1) is 18.4 Å². The summed E-state index contributed by atoms with van der Waals surface area (Å²) in [6, 6.07) is 17.7. The minimum atomic E-state index is -0.178. The van der Waals surface area contributed by atoms with Gasteiger partial charge in [-0.25, -0.2) is 9.78 Å². The van der Waals surface area contributed by atoms with Crippen LogP contribution in [-0.4, -0.2) is 15.6 Å². The van der Waals surface area contributed by atoms with E-state index < -0.39 is 0 Å². The van der Waals surface area contributed by atoms with Gasteiger partial charge in [0.25, 0.3) is 0 Å². The quantitative estimate of drug-likeness (QED) is 0.741. The maximum atomic E-state index is 12.2. The van der Waals surface area contributed by atoms with E-state index >= 15 is 0 Å². The molecular weight excluding hydrogens is 312 g/mol. The van der Waals surface area contributed by atoms with Crippen LogP contribution in [0.3, 0.4) is 0 Å². The molecule has 2 atom stereocenters. The zero-order valence-electron chi connectivity index (χ0n) is 14.4. The first-order valence-corrected chi connectivity index (χ1v) is 8.34. The molecule has 2 aromatic carbocycles. The number of aromatic nitrogens is 2. The molecule has 0 radical (unpaired) electrons. The van der Waals surface area contributed by atoms with Crippen LogP contribution in [0.15, 0.2) is 73.3 Å². The number of nitrogens with one attached hydrogen (secondary N) is 2. The topological polar surface area (TPSA) is 59.0 Å². The molecule has 2 amide bonds. The molecule has 0 fully saturated rings. The van der Waals surface area contributed by atoms with Gasteiger partial charge >= 0.3 is 6.03 Å². The molecule has 3 aromatic rings. The number of hydrogen-bond donors (Lipinski definition) is 2. The molecule has 5 nitrogen and oxygen atoms in total. The van der Waals surface area contributed by atoms with Gasteiger partial charge in [-0.15, -0.1) is 0 Å². The van der Waals surface area contributed by atoms with Gasteiger partial charge in [-0.3, -0.25) is 0 Å². The Kier molecular flexibility index (Phi) is 5.14. The van der Waals surface area contributed by atoms with E-state index in [0.717, 1.165) is 16.8 Å². The average molecular weight is 334 g/mol. The third-order valence-corrected chi connectivity index (χ3v) is 4.19. The maximum absolute atomic E-state index is 12.2.